The van der Waals surface area contributed by atoms with Crippen molar-refractivity contribution < 1.29 is 13.9 Å². The first-order valence-electron chi connectivity index (χ1n) is 6.29. The molecule has 0 saturated heterocycles. The Morgan fingerprint density at radius 1 is 1.48 bits per heavy atom. The molecular formula is C13H16F2N4OS. The van der Waals surface area contributed by atoms with E-state index >= 15 is 0 Å². The van der Waals surface area contributed by atoms with Gasteiger partial charge in [0.2, 0.25) is 0 Å². The summed E-state index contributed by atoms with van der Waals surface area (Å²) in [6, 6.07) is 3.01. The van der Waals surface area contributed by atoms with E-state index in [1.807, 2.05) is 0 Å². The average molecular weight is 314 g/mol. The second kappa shape index (κ2) is 6.50. The third-order valence-electron chi connectivity index (χ3n) is 3.43. The van der Waals surface area contributed by atoms with Crippen molar-refractivity contribution in [2.75, 3.05) is 5.75 Å². The van der Waals surface area contributed by atoms with Crippen LogP contribution in [-0.2, 0) is 12.1 Å². The predicted octanol–water partition coefficient (Wildman–Crippen LogP) is 1.69. The van der Waals surface area contributed by atoms with E-state index in [0.29, 0.717) is 5.75 Å². The molecule has 5 nitrogen and oxygen atoms in total. The fourth-order valence-electron chi connectivity index (χ4n) is 2.18. The van der Waals surface area contributed by atoms with Crippen molar-refractivity contribution in [2.45, 2.75) is 19.1 Å². The highest BCUT2D eigenvalue weighted by Gasteiger charge is 2.39. The molecule has 0 aliphatic carbocycles. The molecule has 1 aromatic heterocycles. The van der Waals surface area contributed by atoms with Crippen molar-refractivity contribution in [1.82, 2.24) is 14.8 Å². The Morgan fingerprint density at radius 2 is 2.24 bits per heavy atom. The van der Waals surface area contributed by atoms with Crippen molar-refractivity contribution in [1.29, 1.82) is 0 Å². The molecule has 0 saturated carbocycles. The number of rotatable bonds is 6. The van der Waals surface area contributed by atoms with Gasteiger partial charge in [-0.15, -0.1) is 0 Å². The third kappa shape index (κ3) is 3.39. The summed E-state index contributed by atoms with van der Waals surface area (Å²) in [5.74, 6) is -1.34. The Morgan fingerprint density at radius 3 is 2.86 bits per heavy atom. The van der Waals surface area contributed by atoms with Gasteiger partial charge in [-0.25, -0.2) is 18.4 Å². The van der Waals surface area contributed by atoms with Crippen LogP contribution >= 0.6 is 11.9 Å². The summed E-state index contributed by atoms with van der Waals surface area (Å²) >= 11 is 1.03. The van der Waals surface area contributed by atoms with E-state index in [2.05, 4.69) is 10.1 Å². The minimum atomic E-state index is -1.65. The van der Waals surface area contributed by atoms with E-state index in [1.165, 1.54) is 17.3 Å². The van der Waals surface area contributed by atoms with Gasteiger partial charge in [0, 0.05) is 17.2 Å². The first kappa shape index (κ1) is 15.9. The molecule has 0 radical (unpaired) electrons. The Balaban J connectivity index is 2.46. The molecule has 0 bridgehead atoms. The molecule has 0 unspecified atom stereocenters. The first-order chi connectivity index (χ1) is 9.97. The summed E-state index contributed by atoms with van der Waals surface area (Å²) in [7, 11) is 0. The molecule has 0 spiro atoms. The normalized spacial score (nSPS) is 15.7. The van der Waals surface area contributed by atoms with E-state index in [-0.39, 0.29) is 12.1 Å². The molecule has 2 atom stereocenters. The van der Waals surface area contributed by atoms with Crippen LogP contribution in [0.15, 0.2) is 30.9 Å². The van der Waals surface area contributed by atoms with Crippen LogP contribution in [0, 0.1) is 17.6 Å². The number of benzene rings is 1. The maximum atomic E-state index is 14.1. The molecule has 3 N–H and O–H groups in total. The molecule has 114 valence electrons. The highest BCUT2D eigenvalue weighted by Crippen LogP contribution is 2.34. The van der Waals surface area contributed by atoms with Gasteiger partial charge in [-0.2, -0.15) is 5.10 Å². The molecular weight excluding hydrogens is 298 g/mol. The van der Waals surface area contributed by atoms with Gasteiger partial charge in [0.05, 0.1) is 6.54 Å². The van der Waals surface area contributed by atoms with Crippen molar-refractivity contribution in [3.63, 3.8) is 0 Å². The summed E-state index contributed by atoms with van der Waals surface area (Å²) in [6.45, 7) is 1.68. The van der Waals surface area contributed by atoms with Crippen LogP contribution in [0.2, 0.25) is 0 Å². The zero-order chi connectivity index (χ0) is 15.5. The van der Waals surface area contributed by atoms with Gasteiger partial charge < -0.3 is 5.11 Å². The van der Waals surface area contributed by atoms with Gasteiger partial charge in [0.25, 0.3) is 0 Å². The minimum Gasteiger partial charge on any atom is -0.383 e. The van der Waals surface area contributed by atoms with Gasteiger partial charge in [0.1, 0.15) is 29.9 Å². The van der Waals surface area contributed by atoms with E-state index in [1.54, 1.807) is 6.92 Å². The van der Waals surface area contributed by atoms with Crippen LogP contribution in [0.4, 0.5) is 8.78 Å². The first-order valence-corrected chi connectivity index (χ1v) is 7.34. The van der Waals surface area contributed by atoms with E-state index in [4.69, 9.17) is 5.14 Å². The Bertz CT molecular complexity index is 596. The van der Waals surface area contributed by atoms with Crippen LogP contribution in [0.5, 0.6) is 0 Å². The molecule has 2 rings (SSSR count). The standard InChI is InChI=1S/C13H16F2N4OS/c1-9(5-21-16)13(20,6-19-8-17-7-18-19)11-4-10(14)2-3-12(11)15/h2-4,7-9,20H,5-6,16H2,1H3/t9-,13+/m0/s1. The molecule has 0 amide bonds. The maximum Gasteiger partial charge on any atom is 0.137 e. The van der Waals surface area contributed by atoms with Crippen molar-refractivity contribution >= 4 is 11.9 Å². The summed E-state index contributed by atoms with van der Waals surface area (Å²) in [6.07, 6.45) is 2.72. The molecule has 0 fully saturated rings. The number of nitrogens with two attached hydrogens (primary N) is 1. The summed E-state index contributed by atoms with van der Waals surface area (Å²) in [5.41, 5.74) is -1.76. The third-order valence-corrected chi connectivity index (χ3v) is 4.12. The second-order valence-electron chi connectivity index (χ2n) is 4.88. The van der Waals surface area contributed by atoms with E-state index < -0.39 is 23.2 Å². The smallest absolute Gasteiger partial charge is 0.137 e. The number of aromatic nitrogens is 3. The van der Waals surface area contributed by atoms with Gasteiger partial charge in [-0.3, -0.25) is 5.14 Å². The topological polar surface area (TPSA) is 77.0 Å². The van der Waals surface area contributed by atoms with Gasteiger partial charge in [0.15, 0.2) is 0 Å². The lowest BCUT2D eigenvalue weighted by molar-refractivity contribution is -0.0309. The van der Waals surface area contributed by atoms with Crippen molar-refractivity contribution in [2.24, 2.45) is 11.1 Å². The Kier molecular flexibility index (Phi) is 4.92. The fraction of sp³-hybridized carbons (Fsp3) is 0.385. The van der Waals surface area contributed by atoms with Gasteiger partial charge in [-0.1, -0.05) is 18.9 Å². The van der Waals surface area contributed by atoms with Crippen LogP contribution < -0.4 is 5.14 Å². The Labute approximate surface area is 125 Å². The zero-order valence-corrected chi connectivity index (χ0v) is 12.2. The molecule has 21 heavy (non-hydrogen) atoms. The Hall–Kier alpha value is -1.51. The lowest BCUT2D eigenvalue weighted by Gasteiger charge is -2.34. The van der Waals surface area contributed by atoms with Crippen molar-refractivity contribution in [3.05, 3.63) is 48.1 Å². The van der Waals surface area contributed by atoms with Gasteiger partial charge >= 0.3 is 0 Å². The molecule has 2 aromatic rings. The summed E-state index contributed by atoms with van der Waals surface area (Å²) in [5, 5.41) is 20.4. The minimum absolute atomic E-state index is 0.0465. The predicted molar refractivity (Wildman–Crippen MR) is 76.1 cm³/mol. The van der Waals surface area contributed by atoms with Crippen molar-refractivity contribution in [3.8, 4) is 0 Å². The quantitative estimate of drug-likeness (QED) is 0.794. The van der Waals surface area contributed by atoms with Crippen LogP contribution in [0.3, 0.4) is 0 Å². The van der Waals surface area contributed by atoms with Gasteiger partial charge in [-0.05, 0) is 18.2 Å². The number of aliphatic hydroxyl groups is 1. The lowest BCUT2D eigenvalue weighted by Crippen LogP contribution is -2.40. The SMILES string of the molecule is C[C@@H](CSN)[C@](O)(Cn1cncn1)c1cc(F)ccc1F. The zero-order valence-electron chi connectivity index (χ0n) is 11.4. The maximum absolute atomic E-state index is 14.1. The monoisotopic (exact) mass is 314 g/mol. The number of nitrogens with zero attached hydrogens (tertiary/aromatic N) is 3. The molecule has 0 aliphatic heterocycles. The second-order valence-corrected chi connectivity index (χ2v) is 5.54. The van der Waals surface area contributed by atoms with Crippen LogP contribution in [0.1, 0.15) is 12.5 Å². The van der Waals surface area contributed by atoms with E-state index in [9.17, 15) is 13.9 Å². The largest absolute Gasteiger partial charge is 0.383 e. The average Bonchev–Trinajstić information content (AvgIpc) is 2.94. The molecule has 0 aliphatic rings. The molecule has 1 heterocycles. The number of halogens is 2. The molecule has 1 aromatic carbocycles. The summed E-state index contributed by atoms with van der Waals surface area (Å²) < 4.78 is 28.9. The highest BCUT2D eigenvalue weighted by molar-refractivity contribution is 7.97. The van der Waals surface area contributed by atoms with Crippen LogP contribution in [-0.4, -0.2) is 25.6 Å². The molecule has 8 heteroatoms. The van der Waals surface area contributed by atoms with E-state index in [0.717, 1.165) is 30.1 Å². The number of hydrogen-bond acceptors (Lipinski definition) is 5. The van der Waals surface area contributed by atoms with Crippen LogP contribution in [0.25, 0.3) is 0 Å². The highest BCUT2D eigenvalue weighted by atomic mass is 32.2. The lowest BCUT2D eigenvalue weighted by atomic mass is 9.82. The fourth-order valence-corrected chi connectivity index (χ4v) is 2.74. The summed E-state index contributed by atoms with van der Waals surface area (Å²) in [4.78, 5) is 3.79. The number of hydrogen-bond donors (Lipinski definition) is 2.